The standard InChI is InChI=1S/4C6H8N.Cu/c4*1-7-5-3-2-4-6-7;/h4*3-5H,6H2,1H3;/q4*-1;. The molecule has 0 amide bonds. The molecule has 163 valence electrons. The zero-order chi connectivity index (χ0) is 20.5. The fraction of sp³-hybridized carbons (Fsp3) is 0.333. The van der Waals surface area contributed by atoms with Gasteiger partial charge in [-0.1, -0.05) is 0 Å². The second-order valence-electron chi connectivity index (χ2n) is 6.50. The molecule has 0 fully saturated rings. The van der Waals surface area contributed by atoms with Crippen LogP contribution >= 0.6 is 0 Å². The molecule has 0 saturated heterocycles. The van der Waals surface area contributed by atoms with Crippen LogP contribution in [0.1, 0.15) is 0 Å². The van der Waals surface area contributed by atoms with E-state index in [1.165, 1.54) is 0 Å². The van der Waals surface area contributed by atoms with Gasteiger partial charge < -0.3 is 19.6 Å². The van der Waals surface area contributed by atoms with Crippen LogP contribution in [0.5, 0.6) is 0 Å². The number of likely N-dealkylation sites (N-methyl/N-ethyl adjacent to an activating group) is 4. The summed E-state index contributed by atoms with van der Waals surface area (Å²) in [6.07, 6.45) is 35.5. The Hall–Kier alpha value is -2.36. The Morgan fingerprint density at radius 3 is 0.724 bits per heavy atom. The monoisotopic (exact) mass is 439 g/mol. The molecular formula is C24H32CuN4-4. The molecule has 5 heteroatoms. The van der Waals surface area contributed by atoms with E-state index in [9.17, 15) is 0 Å². The van der Waals surface area contributed by atoms with Crippen molar-refractivity contribution in [2.75, 3.05) is 54.4 Å². The summed E-state index contributed by atoms with van der Waals surface area (Å²) in [6.45, 7) is 3.99. The zero-order valence-corrected chi connectivity index (χ0v) is 18.8. The van der Waals surface area contributed by atoms with Crippen LogP contribution in [0.4, 0.5) is 0 Å². The van der Waals surface area contributed by atoms with E-state index >= 15 is 0 Å². The Kier molecular flexibility index (Phi) is 16.3. The smallest absolute Gasteiger partial charge is 0.00187 e. The Balaban J connectivity index is 0.000000356. The maximum atomic E-state index is 2.97. The van der Waals surface area contributed by atoms with E-state index in [-0.39, 0.29) is 17.1 Å². The molecule has 4 aliphatic heterocycles. The van der Waals surface area contributed by atoms with Gasteiger partial charge in [-0.25, -0.2) is 24.3 Å². The molecule has 0 spiro atoms. The molecule has 0 N–H and O–H groups in total. The molecule has 0 atom stereocenters. The summed E-state index contributed by atoms with van der Waals surface area (Å²) in [5.74, 6) is 0. The third kappa shape index (κ3) is 16.3. The molecule has 4 rings (SSSR count). The normalized spacial score (nSPS) is 17.5. The first kappa shape index (κ1) is 26.6. The first-order valence-electron chi connectivity index (χ1n) is 9.36. The van der Waals surface area contributed by atoms with Gasteiger partial charge >= 0.3 is 0 Å². The third-order valence-corrected chi connectivity index (χ3v) is 3.69. The van der Waals surface area contributed by atoms with Crippen molar-refractivity contribution in [2.24, 2.45) is 0 Å². The predicted octanol–water partition coefficient (Wildman–Crippen LogP) is 3.22. The van der Waals surface area contributed by atoms with Gasteiger partial charge in [0.2, 0.25) is 0 Å². The summed E-state index contributed by atoms with van der Waals surface area (Å²) >= 11 is 0. The van der Waals surface area contributed by atoms with Crippen LogP contribution in [0.2, 0.25) is 0 Å². The Labute approximate surface area is 188 Å². The van der Waals surface area contributed by atoms with Gasteiger partial charge in [-0.3, -0.25) is 24.3 Å². The van der Waals surface area contributed by atoms with Gasteiger partial charge in [-0.15, -0.1) is 24.8 Å². The van der Waals surface area contributed by atoms with Crippen LogP contribution in [0.3, 0.4) is 0 Å². The molecule has 0 unspecified atom stereocenters. The number of nitrogens with zero attached hydrogens (tertiary/aromatic N) is 4. The molecule has 4 nitrogen and oxygen atoms in total. The minimum absolute atomic E-state index is 0. The topological polar surface area (TPSA) is 13.0 Å². The van der Waals surface area contributed by atoms with Gasteiger partial charge in [0.05, 0.1) is 0 Å². The van der Waals surface area contributed by atoms with Crippen molar-refractivity contribution in [1.29, 1.82) is 0 Å². The first-order valence-corrected chi connectivity index (χ1v) is 9.36. The van der Waals surface area contributed by atoms with E-state index < -0.39 is 0 Å². The molecule has 0 aliphatic carbocycles. The molecule has 4 aliphatic rings. The number of allylic oxidation sites excluding steroid dienone is 8. The van der Waals surface area contributed by atoms with Crippen molar-refractivity contribution in [1.82, 2.24) is 19.6 Å². The Morgan fingerprint density at radius 2 is 0.655 bits per heavy atom. The molecule has 0 saturated carbocycles. The second-order valence-corrected chi connectivity index (χ2v) is 6.50. The van der Waals surface area contributed by atoms with Crippen LogP contribution < -0.4 is 0 Å². The summed E-state index contributed by atoms with van der Waals surface area (Å²) in [4.78, 5) is 8.38. The Morgan fingerprint density at radius 1 is 0.448 bits per heavy atom. The average Bonchev–Trinajstić information content (AvgIpc) is 2.72. The molecule has 0 bridgehead atoms. The average molecular weight is 440 g/mol. The molecular weight excluding hydrogens is 408 g/mol. The largest absolute Gasteiger partial charge is 0.455 e. The summed E-state index contributed by atoms with van der Waals surface area (Å²) in [5.41, 5.74) is 0. The molecule has 29 heavy (non-hydrogen) atoms. The number of hydrogen-bond donors (Lipinski definition) is 0. The summed E-state index contributed by atoms with van der Waals surface area (Å²) in [5, 5.41) is 0. The third-order valence-electron chi connectivity index (χ3n) is 3.69. The van der Waals surface area contributed by atoms with Crippen molar-refractivity contribution in [3.8, 4) is 0 Å². The molecule has 0 aromatic heterocycles. The SMILES string of the molecule is CN1C=C[C-]=CC1.CN1C=C[C-]=CC1.CN1C=C[C-]=CC1.CN1C=C[C-]=CC1.[Cu]. The fourth-order valence-corrected chi connectivity index (χ4v) is 1.98. The first-order chi connectivity index (χ1) is 13.6. The van der Waals surface area contributed by atoms with E-state index in [2.05, 4.69) is 43.9 Å². The second kappa shape index (κ2) is 17.7. The van der Waals surface area contributed by atoms with Crippen molar-refractivity contribution in [3.63, 3.8) is 0 Å². The van der Waals surface area contributed by atoms with E-state index in [0.717, 1.165) is 26.2 Å². The molecule has 4 heterocycles. The maximum absolute atomic E-state index is 2.97. The van der Waals surface area contributed by atoms with Gasteiger partial charge in [-0.05, 0) is 28.2 Å². The summed E-state index contributed by atoms with van der Waals surface area (Å²) in [6, 6.07) is 0. The zero-order valence-electron chi connectivity index (χ0n) is 17.8. The van der Waals surface area contributed by atoms with E-state index in [1.807, 2.05) is 102 Å². The van der Waals surface area contributed by atoms with Crippen molar-refractivity contribution in [2.45, 2.75) is 0 Å². The number of hydrogen-bond acceptors (Lipinski definition) is 4. The summed E-state index contributed by atoms with van der Waals surface area (Å²) in [7, 11) is 8.14. The van der Waals surface area contributed by atoms with Crippen molar-refractivity contribution >= 4 is 0 Å². The quantitative estimate of drug-likeness (QED) is 0.424. The van der Waals surface area contributed by atoms with Crippen LogP contribution in [0.15, 0.2) is 73.4 Å². The van der Waals surface area contributed by atoms with Crippen molar-refractivity contribution in [3.05, 3.63) is 97.7 Å². The fourth-order valence-electron chi connectivity index (χ4n) is 1.98. The van der Waals surface area contributed by atoms with E-state index in [1.54, 1.807) is 0 Å². The minimum atomic E-state index is 0. The maximum Gasteiger partial charge on any atom is 0.00187 e. The van der Waals surface area contributed by atoms with Crippen LogP contribution in [0, 0.1) is 24.3 Å². The van der Waals surface area contributed by atoms with Gasteiger partial charge in [0.15, 0.2) is 0 Å². The van der Waals surface area contributed by atoms with Gasteiger partial charge in [0.25, 0.3) is 0 Å². The number of rotatable bonds is 0. The van der Waals surface area contributed by atoms with Crippen LogP contribution in [-0.2, 0) is 17.1 Å². The molecule has 1 radical (unpaired) electrons. The predicted molar refractivity (Wildman–Crippen MR) is 118 cm³/mol. The summed E-state index contributed by atoms with van der Waals surface area (Å²) < 4.78 is 0. The van der Waals surface area contributed by atoms with E-state index in [4.69, 9.17) is 0 Å². The van der Waals surface area contributed by atoms with E-state index in [0.29, 0.717) is 0 Å². The van der Waals surface area contributed by atoms with Gasteiger partial charge in [-0.2, -0.15) is 24.3 Å². The van der Waals surface area contributed by atoms with Crippen LogP contribution in [-0.4, -0.2) is 74.0 Å². The molecule has 0 aromatic rings. The van der Waals surface area contributed by atoms with Crippen LogP contribution in [0.25, 0.3) is 0 Å². The minimum Gasteiger partial charge on any atom is -0.455 e. The Bertz CT molecular complexity index is 529. The molecule has 0 aromatic carbocycles. The van der Waals surface area contributed by atoms with Gasteiger partial charge in [0, 0.05) is 43.2 Å². The van der Waals surface area contributed by atoms with Gasteiger partial charge in [0.1, 0.15) is 0 Å². The van der Waals surface area contributed by atoms with Crippen molar-refractivity contribution < 1.29 is 17.1 Å².